The van der Waals surface area contributed by atoms with Crippen LogP contribution in [-0.4, -0.2) is 44.9 Å². The minimum atomic E-state index is -3.28. The van der Waals surface area contributed by atoms with E-state index in [1.807, 2.05) is 34.4 Å². The molecule has 1 amide bonds. The molecule has 2 aromatic heterocycles. The number of benzene rings is 1. The van der Waals surface area contributed by atoms with E-state index in [1.165, 1.54) is 0 Å². The van der Waals surface area contributed by atoms with Gasteiger partial charge in [-0.05, 0) is 31.0 Å². The highest BCUT2D eigenvalue weighted by atomic mass is 19.3. The standard InChI is InChI=1S/C23H26F3N5O2/c1-14(2)31-10-9-20(30-31)28-13-18-8-7-17(12-27-18)15-3-5-16(6-4-15)21(32)19(11-24)29-23(33)22(25)26/h3-10,12,14,19,21-22,32H,11,13H2,1-2H3,(H,28,30)(H,29,33)/t19-,21+/m1/s1. The van der Waals surface area contributed by atoms with Crippen molar-refractivity contribution >= 4 is 11.7 Å². The van der Waals surface area contributed by atoms with Gasteiger partial charge in [0, 0.05) is 30.1 Å². The number of carbonyl (C=O) groups excluding carboxylic acids is 1. The molecule has 0 spiro atoms. The fourth-order valence-electron chi connectivity index (χ4n) is 3.15. The average Bonchev–Trinajstić information content (AvgIpc) is 3.30. The van der Waals surface area contributed by atoms with Crippen molar-refractivity contribution < 1.29 is 23.1 Å². The number of amides is 1. The lowest BCUT2D eigenvalue weighted by atomic mass is 9.99. The molecular formula is C23H26F3N5O2. The SMILES string of the molecule is CC(C)n1ccc(NCc2ccc(-c3ccc([C@H](O)[C@@H](CF)NC(=O)C(F)F)cc3)cn2)n1. The molecule has 3 rings (SSSR count). The van der Waals surface area contributed by atoms with Crippen LogP contribution in [0.3, 0.4) is 0 Å². The molecule has 10 heteroatoms. The number of anilines is 1. The van der Waals surface area contributed by atoms with Gasteiger partial charge < -0.3 is 15.7 Å². The van der Waals surface area contributed by atoms with Gasteiger partial charge in [0.05, 0.1) is 18.3 Å². The van der Waals surface area contributed by atoms with Crippen molar-refractivity contribution in [2.75, 3.05) is 12.0 Å². The van der Waals surface area contributed by atoms with Crippen molar-refractivity contribution in [3.8, 4) is 11.1 Å². The molecule has 2 heterocycles. The number of pyridine rings is 1. The van der Waals surface area contributed by atoms with Crippen molar-refractivity contribution in [1.82, 2.24) is 20.1 Å². The van der Waals surface area contributed by atoms with Gasteiger partial charge in [-0.2, -0.15) is 13.9 Å². The monoisotopic (exact) mass is 461 g/mol. The zero-order valence-corrected chi connectivity index (χ0v) is 18.3. The number of aromatic nitrogens is 3. The zero-order valence-electron chi connectivity index (χ0n) is 18.3. The molecule has 0 radical (unpaired) electrons. The molecule has 0 fully saturated rings. The first-order chi connectivity index (χ1) is 15.8. The third-order valence-corrected chi connectivity index (χ3v) is 5.07. The van der Waals surface area contributed by atoms with Crippen molar-refractivity contribution in [1.29, 1.82) is 0 Å². The second-order valence-corrected chi connectivity index (χ2v) is 7.80. The third-order valence-electron chi connectivity index (χ3n) is 5.07. The van der Waals surface area contributed by atoms with Gasteiger partial charge in [0.1, 0.15) is 18.6 Å². The molecule has 0 saturated carbocycles. The van der Waals surface area contributed by atoms with Crippen LogP contribution < -0.4 is 10.6 Å². The fourth-order valence-corrected chi connectivity index (χ4v) is 3.15. The van der Waals surface area contributed by atoms with Crippen LogP contribution in [0.4, 0.5) is 19.0 Å². The Morgan fingerprint density at radius 1 is 1.09 bits per heavy atom. The van der Waals surface area contributed by atoms with Crippen LogP contribution in [0.25, 0.3) is 11.1 Å². The summed E-state index contributed by atoms with van der Waals surface area (Å²) in [5.41, 5.74) is 2.76. The second kappa shape index (κ2) is 11.0. The number of carbonyl (C=O) groups is 1. The molecule has 7 nitrogen and oxygen atoms in total. The number of alkyl halides is 3. The van der Waals surface area contributed by atoms with E-state index in [1.54, 1.807) is 30.5 Å². The number of aliphatic hydroxyl groups excluding tert-OH is 1. The van der Waals surface area contributed by atoms with Crippen molar-refractivity contribution in [3.63, 3.8) is 0 Å². The highest BCUT2D eigenvalue weighted by Gasteiger charge is 2.26. The molecule has 0 aliphatic rings. The highest BCUT2D eigenvalue weighted by molar-refractivity contribution is 5.79. The van der Waals surface area contributed by atoms with Crippen molar-refractivity contribution in [2.45, 2.75) is 45.0 Å². The molecule has 1 aromatic carbocycles. The Bertz CT molecular complexity index is 1040. The van der Waals surface area contributed by atoms with E-state index in [4.69, 9.17) is 0 Å². The quantitative estimate of drug-likeness (QED) is 0.426. The maximum Gasteiger partial charge on any atom is 0.315 e. The first-order valence-electron chi connectivity index (χ1n) is 10.4. The summed E-state index contributed by atoms with van der Waals surface area (Å²) >= 11 is 0. The summed E-state index contributed by atoms with van der Waals surface area (Å²) in [5, 5.41) is 19.7. The van der Waals surface area contributed by atoms with E-state index in [-0.39, 0.29) is 6.04 Å². The van der Waals surface area contributed by atoms with Crippen LogP contribution in [0.2, 0.25) is 0 Å². The molecule has 0 unspecified atom stereocenters. The molecule has 0 bridgehead atoms. The van der Waals surface area contributed by atoms with Gasteiger partial charge in [-0.1, -0.05) is 30.3 Å². The average molecular weight is 461 g/mol. The Balaban J connectivity index is 1.61. The summed E-state index contributed by atoms with van der Waals surface area (Å²) in [4.78, 5) is 15.6. The Morgan fingerprint density at radius 3 is 2.33 bits per heavy atom. The number of halogens is 3. The van der Waals surface area contributed by atoms with Gasteiger partial charge in [-0.25, -0.2) is 4.39 Å². The normalized spacial score (nSPS) is 13.2. The van der Waals surface area contributed by atoms with Crippen molar-refractivity contribution in [3.05, 3.63) is 66.1 Å². The first-order valence-corrected chi connectivity index (χ1v) is 10.4. The summed E-state index contributed by atoms with van der Waals surface area (Å²) < 4.78 is 39.8. The number of nitrogens with zero attached hydrogens (tertiary/aromatic N) is 3. The molecule has 3 aromatic rings. The van der Waals surface area contributed by atoms with E-state index < -0.39 is 31.2 Å². The number of rotatable bonds is 10. The fraction of sp³-hybridized carbons (Fsp3) is 0.348. The molecule has 2 atom stereocenters. The summed E-state index contributed by atoms with van der Waals surface area (Å²) in [6.07, 6.45) is -1.12. The lowest BCUT2D eigenvalue weighted by Gasteiger charge is -2.22. The Morgan fingerprint density at radius 2 is 1.79 bits per heavy atom. The van der Waals surface area contributed by atoms with E-state index in [2.05, 4.69) is 29.2 Å². The lowest BCUT2D eigenvalue weighted by Crippen LogP contribution is -2.43. The van der Waals surface area contributed by atoms with Gasteiger partial charge in [0.15, 0.2) is 0 Å². The predicted molar refractivity (Wildman–Crippen MR) is 118 cm³/mol. The molecule has 33 heavy (non-hydrogen) atoms. The molecule has 176 valence electrons. The Labute approximate surface area is 189 Å². The number of hydrogen-bond acceptors (Lipinski definition) is 5. The maximum absolute atomic E-state index is 13.2. The van der Waals surface area contributed by atoms with Crippen LogP contribution in [0.15, 0.2) is 54.9 Å². The minimum Gasteiger partial charge on any atom is -0.386 e. The third kappa shape index (κ3) is 6.32. The maximum atomic E-state index is 13.2. The summed E-state index contributed by atoms with van der Waals surface area (Å²) in [6, 6.07) is 11.0. The molecular weight excluding hydrogens is 435 g/mol. The van der Waals surface area contributed by atoms with E-state index in [0.717, 1.165) is 22.6 Å². The number of hydrogen-bond donors (Lipinski definition) is 3. The van der Waals surface area contributed by atoms with E-state index >= 15 is 0 Å². The number of aliphatic hydroxyl groups is 1. The van der Waals surface area contributed by atoms with E-state index in [9.17, 15) is 23.1 Å². The van der Waals surface area contributed by atoms with Crippen LogP contribution in [0.1, 0.15) is 37.3 Å². The van der Waals surface area contributed by atoms with Gasteiger partial charge in [0.2, 0.25) is 0 Å². The van der Waals surface area contributed by atoms with E-state index in [0.29, 0.717) is 12.1 Å². The summed E-state index contributed by atoms with van der Waals surface area (Å²) in [6.45, 7) is 3.43. The van der Waals surface area contributed by atoms with Gasteiger partial charge in [-0.3, -0.25) is 14.5 Å². The molecule has 0 saturated heterocycles. The molecule has 0 aliphatic heterocycles. The minimum absolute atomic E-state index is 0.282. The zero-order chi connectivity index (χ0) is 24.0. The topological polar surface area (TPSA) is 92.1 Å². The van der Waals surface area contributed by atoms with Crippen molar-refractivity contribution in [2.24, 2.45) is 0 Å². The van der Waals surface area contributed by atoms with Gasteiger partial charge in [0.25, 0.3) is 5.91 Å². The first kappa shape index (κ1) is 24.2. The number of nitrogens with one attached hydrogen (secondary N) is 2. The Kier molecular flexibility index (Phi) is 8.05. The smallest absolute Gasteiger partial charge is 0.315 e. The van der Waals surface area contributed by atoms with Crippen LogP contribution in [0, 0.1) is 0 Å². The largest absolute Gasteiger partial charge is 0.386 e. The lowest BCUT2D eigenvalue weighted by molar-refractivity contribution is -0.133. The summed E-state index contributed by atoms with van der Waals surface area (Å²) in [5.74, 6) is -0.859. The van der Waals surface area contributed by atoms with Gasteiger partial charge in [-0.15, -0.1) is 0 Å². The Hall–Kier alpha value is -3.40. The van der Waals surface area contributed by atoms with Crippen LogP contribution in [-0.2, 0) is 11.3 Å². The van der Waals surface area contributed by atoms with Crippen LogP contribution in [0.5, 0.6) is 0 Å². The molecule has 3 N–H and O–H groups in total. The summed E-state index contributed by atoms with van der Waals surface area (Å²) in [7, 11) is 0. The van der Waals surface area contributed by atoms with Gasteiger partial charge >= 0.3 is 6.43 Å². The second-order valence-electron chi connectivity index (χ2n) is 7.80. The van der Waals surface area contributed by atoms with Crippen LogP contribution >= 0.6 is 0 Å². The molecule has 0 aliphatic carbocycles. The predicted octanol–water partition coefficient (Wildman–Crippen LogP) is 3.89. The highest BCUT2D eigenvalue weighted by Crippen LogP contribution is 2.24.